The van der Waals surface area contributed by atoms with Crippen LogP contribution in [-0.4, -0.2) is 0 Å². The first-order valence-corrected chi connectivity index (χ1v) is 9.20. The molecule has 2 rings (SSSR count). The van der Waals surface area contributed by atoms with Gasteiger partial charge in [-0.2, -0.15) is 0 Å². The highest BCUT2D eigenvalue weighted by molar-refractivity contribution is 5.25. The molecule has 0 radical (unpaired) electrons. The van der Waals surface area contributed by atoms with Gasteiger partial charge in [0.15, 0.2) is 0 Å². The van der Waals surface area contributed by atoms with Gasteiger partial charge in [0.2, 0.25) is 0 Å². The second kappa shape index (κ2) is 13.2. The lowest BCUT2D eigenvalue weighted by Crippen LogP contribution is -2.10. The summed E-state index contributed by atoms with van der Waals surface area (Å²) in [5.41, 5.74) is 4.21. The molecular weight excluding hydrogens is 276 g/mol. The zero-order valence-corrected chi connectivity index (χ0v) is 16.2. The van der Waals surface area contributed by atoms with Crippen LogP contribution in [0.1, 0.15) is 70.9 Å². The summed E-state index contributed by atoms with van der Waals surface area (Å²) < 4.78 is 0. The molecule has 0 bridgehead atoms. The van der Waals surface area contributed by atoms with Crippen LogP contribution in [0.2, 0.25) is 0 Å². The minimum absolute atomic E-state index is 0.787. The van der Waals surface area contributed by atoms with Gasteiger partial charge in [0, 0.05) is 0 Å². The Hall–Kier alpha value is -1.30. The van der Waals surface area contributed by atoms with E-state index >= 15 is 0 Å². The summed E-state index contributed by atoms with van der Waals surface area (Å²) in [4.78, 5) is 0. The zero-order chi connectivity index (χ0) is 17.7. The first-order chi connectivity index (χ1) is 10.9. The fraction of sp³-hybridized carbons (Fsp3) is 0.565. The number of rotatable bonds is 3. The van der Waals surface area contributed by atoms with Crippen LogP contribution in [0.5, 0.6) is 0 Å². The van der Waals surface area contributed by atoms with Gasteiger partial charge in [0.05, 0.1) is 0 Å². The van der Waals surface area contributed by atoms with Crippen LogP contribution in [0.15, 0.2) is 49.1 Å². The first-order valence-electron chi connectivity index (χ1n) is 9.20. The van der Waals surface area contributed by atoms with Gasteiger partial charge in [0.25, 0.3) is 0 Å². The van der Waals surface area contributed by atoms with Gasteiger partial charge >= 0.3 is 0 Å². The Labute approximate surface area is 145 Å². The van der Waals surface area contributed by atoms with Gasteiger partial charge in [-0.1, -0.05) is 88.1 Å². The van der Waals surface area contributed by atoms with Gasteiger partial charge in [-0.15, -0.1) is 6.58 Å². The molecular formula is C23H38. The minimum Gasteiger partial charge on any atom is -0.103 e. The molecule has 0 saturated heterocycles. The molecule has 1 aromatic rings. The molecule has 0 N–H and O–H groups in total. The van der Waals surface area contributed by atoms with E-state index in [0.29, 0.717) is 0 Å². The summed E-state index contributed by atoms with van der Waals surface area (Å²) in [6.45, 7) is 18.2. The monoisotopic (exact) mass is 314 g/mol. The third kappa shape index (κ3) is 11.9. The molecule has 0 nitrogen and oxygen atoms in total. The average Bonchev–Trinajstić information content (AvgIpc) is 2.51. The normalized spacial score (nSPS) is 14.2. The molecule has 1 fully saturated rings. The summed E-state index contributed by atoms with van der Waals surface area (Å²) in [7, 11) is 0. The summed E-state index contributed by atoms with van der Waals surface area (Å²) in [6.07, 6.45) is 9.78. The molecule has 1 aliphatic rings. The van der Waals surface area contributed by atoms with Crippen molar-refractivity contribution in [3.63, 3.8) is 0 Å². The SMILES string of the molecule is C=C(Cc1ccc(C)cc1)C1CCCCC1.C=CC.CC(C)C. The van der Waals surface area contributed by atoms with E-state index in [1.54, 1.807) is 6.08 Å². The summed E-state index contributed by atoms with van der Waals surface area (Å²) in [5, 5.41) is 0. The van der Waals surface area contributed by atoms with Crippen molar-refractivity contribution in [2.75, 3.05) is 0 Å². The lowest BCUT2D eigenvalue weighted by molar-refractivity contribution is 0.399. The zero-order valence-electron chi connectivity index (χ0n) is 16.2. The molecule has 0 amide bonds. The Balaban J connectivity index is 0.000000591. The van der Waals surface area contributed by atoms with E-state index in [4.69, 9.17) is 0 Å². The van der Waals surface area contributed by atoms with Crippen LogP contribution >= 0.6 is 0 Å². The number of hydrogen-bond acceptors (Lipinski definition) is 0. The maximum absolute atomic E-state index is 4.30. The predicted molar refractivity (Wildman–Crippen MR) is 107 cm³/mol. The lowest BCUT2D eigenvalue weighted by Gasteiger charge is -2.23. The van der Waals surface area contributed by atoms with E-state index in [2.05, 4.69) is 65.1 Å². The maximum Gasteiger partial charge on any atom is -0.00670 e. The Kier molecular flexibility index (Phi) is 12.4. The van der Waals surface area contributed by atoms with Gasteiger partial charge in [-0.25, -0.2) is 0 Å². The molecule has 130 valence electrons. The van der Waals surface area contributed by atoms with Crippen LogP contribution in [0, 0.1) is 18.8 Å². The number of aryl methyl sites for hydroxylation is 1. The van der Waals surface area contributed by atoms with Crippen molar-refractivity contribution in [3.8, 4) is 0 Å². The first kappa shape index (κ1) is 21.7. The highest BCUT2D eigenvalue weighted by Crippen LogP contribution is 2.30. The Morgan fingerprint density at radius 3 is 1.96 bits per heavy atom. The summed E-state index contributed by atoms with van der Waals surface area (Å²) in [5.74, 6) is 1.62. The second-order valence-electron chi connectivity index (χ2n) is 7.30. The second-order valence-corrected chi connectivity index (χ2v) is 7.30. The highest BCUT2D eigenvalue weighted by atomic mass is 14.2. The predicted octanol–water partition coefficient (Wildman–Crippen LogP) is 7.53. The van der Waals surface area contributed by atoms with E-state index in [1.165, 1.54) is 48.8 Å². The molecule has 0 aliphatic heterocycles. The number of hydrogen-bond donors (Lipinski definition) is 0. The Bertz CT molecular complexity index is 413. The van der Waals surface area contributed by atoms with Crippen molar-refractivity contribution in [1.82, 2.24) is 0 Å². The smallest absolute Gasteiger partial charge is 0.00670 e. The van der Waals surface area contributed by atoms with Crippen LogP contribution in [0.25, 0.3) is 0 Å². The van der Waals surface area contributed by atoms with Crippen molar-refractivity contribution in [1.29, 1.82) is 0 Å². The standard InChI is InChI=1S/C16H22.C4H10.C3H6/c1-13-8-10-15(11-9-13)12-14(2)16-6-4-3-5-7-16;1-4(2)3;1-3-2/h8-11,16H,2-7,12H2,1H3;4H,1-3H3;3H,1H2,2H3. The van der Waals surface area contributed by atoms with Crippen molar-refractivity contribution < 1.29 is 0 Å². The van der Waals surface area contributed by atoms with Crippen molar-refractivity contribution in [2.45, 2.75) is 73.1 Å². The maximum atomic E-state index is 4.30. The number of allylic oxidation sites excluding steroid dienone is 2. The van der Waals surface area contributed by atoms with Crippen LogP contribution in [-0.2, 0) is 6.42 Å². The van der Waals surface area contributed by atoms with Crippen LogP contribution in [0.4, 0.5) is 0 Å². The molecule has 1 aromatic carbocycles. The van der Waals surface area contributed by atoms with E-state index in [9.17, 15) is 0 Å². The van der Waals surface area contributed by atoms with Crippen molar-refractivity contribution >= 4 is 0 Å². The van der Waals surface area contributed by atoms with E-state index in [-0.39, 0.29) is 0 Å². The fourth-order valence-electron chi connectivity index (χ4n) is 2.62. The van der Waals surface area contributed by atoms with Crippen molar-refractivity contribution in [3.05, 3.63) is 60.2 Å². The summed E-state index contributed by atoms with van der Waals surface area (Å²) in [6, 6.07) is 8.87. The van der Waals surface area contributed by atoms with Gasteiger partial charge in [0.1, 0.15) is 0 Å². The van der Waals surface area contributed by atoms with Crippen LogP contribution in [0.3, 0.4) is 0 Å². The quantitative estimate of drug-likeness (QED) is 0.506. The fourth-order valence-corrected chi connectivity index (χ4v) is 2.62. The highest BCUT2D eigenvalue weighted by Gasteiger charge is 2.16. The largest absolute Gasteiger partial charge is 0.103 e. The van der Waals surface area contributed by atoms with Gasteiger partial charge in [-0.05, 0) is 50.5 Å². The molecule has 0 aromatic heterocycles. The average molecular weight is 315 g/mol. The molecule has 1 saturated carbocycles. The Morgan fingerprint density at radius 1 is 1.09 bits per heavy atom. The van der Waals surface area contributed by atoms with Crippen molar-refractivity contribution in [2.24, 2.45) is 11.8 Å². The third-order valence-corrected chi connectivity index (χ3v) is 3.73. The van der Waals surface area contributed by atoms with E-state index in [0.717, 1.165) is 18.3 Å². The van der Waals surface area contributed by atoms with Gasteiger partial charge in [-0.3, -0.25) is 0 Å². The molecule has 0 heterocycles. The summed E-state index contributed by atoms with van der Waals surface area (Å²) >= 11 is 0. The van der Waals surface area contributed by atoms with E-state index in [1.807, 2.05) is 6.92 Å². The lowest BCUT2D eigenvalue weighted by atomic mass is 9.82. The topological polar surface area (TPSA) is 0 Å². The molecule has 1 aliphatic carbocycles. The van der Waals surface area contributed by atoms with E-state index < -0.39 is 0 Å². The minimum atomic E-state index is 0.787. The molecule has 0 heteroatoms. The molecule has 23 heavy (non-hydrogen) atoms. The van der Waals surface area contributed by atoms with Crippen LogP contribution < -0.4 is 0 Å². The number of benzene rings is 1. The molecule has 0 unspecified atom stereocenters. The molecule has 0 atom stereocenters. The van der Waals surface area contributed by atoms with Gasteiger partial charge < -0.3 is 0 Å². The third-order valence-electron chi connectivity index (χ3n) is 3.73. The molecule has 0 spiro atoms. The Morgan fingerprint density at radius 2 is 1.52 bits per heavy atom.